The van der Waals surface area contributed by atoms with E-state index in [-0.39, 0.29) is 11.3 Å². The van der Waals surface area contributed by atoms with Crippen LogP contribution in [0.5, 0.6) is 0 Å². The molecule has 0 aromatic rings. The molecule has 1 saturated heterocycles. The van der Waals surface area contributed by atoms with E-state index < -0.39 is 5.54 Å². The molecule has 1 aliphatic heterocycles. The van der Waals surface area contributed by atoms with Crippen molar-refractivity contribution in [3.05, 3.63) is 0 Å². The second-order valence-corrected chi connectivity index (χ2v) is 4.90. The van der Waals surface area contributed by atoms with Gasteiger partial charge in [-0.05, 0) is 31.2 Å². The number of piperidine rings is 1. The van der Waals surface area contributed by atoms with E-state index >= 15 is 0 Å². The van der Waals surface area contributed by atoms with Gasteiger partial charge < -0.3 is 11.1 Å². The topological polar surface area (TPSA) is 55.1 Å². The number of amides is 1. The Hall–Kier alpha value is -0.570. The van der Waals surface area contributed by atoms with Gasteiger partial charge in [-0.25, -0.2) is 0 Å². The molecular weight excluding hydrogens is 164 g/mol. The number of hydrogen-bond donors (Lipinski definition) is 2. The van der Waals surface area contributed by atoms with Gasteiger partial charge in [0.2, 0.25) is 5.91 Å². The fourth-order valence-electron chi connectivity index (χ4n) is 2.13. The summed E-state index contributed by atoms with van der Waals surface area (Å²) in [4.78, 5) is 11.5. The summed E-state index contributed by atoms with van der Waals surface area (Å²) in [5, 5.41) is 3.30. The van der Waals surface area contributed by atoms with Crippen molar-refractivity contribution in [3.63, 3.8) is 0 Å². The molecular formula is C10H20N2O. The first kappa shape index (κ1) is 10.5. The minimum Gasteiger partial charge on any atom is -0.368 e. The van der Waals surface area contributed by atoms with Crippen molar-refractivity contribution in [3.8, 4) is 0 Å². The quantitative estimate of drug-likeness (QED) is 0.639. The maximum absolute atomic E-state index is 11.5. The number of nitrogens with two attached hydrogens (primary N) is 1. The summed E-state index contributed by atoms with van der Waals surface area (Å²) in [6, 6.07) is 0. The molecule has 76 valence electrons. The normalized spacial score (nSPS) is 30.1. The molecule has 1 amide bonds. The fraction of sp³-hybridized carbons (Fsp3) is 0.900. The largest absolute Gasteiger partial charge is 0.368 e. The Morgan fingerprint density at radius 1 is 1.38 bits per heavy atom. The first-order valence-corrected chi connectivity index (χ1v) is 4.95. The van der Waals surface area contributed by atoms with Gasteiger partial charge in [0.1, 0.15) is 5.54 Å². The third-order valence-electron chi connectivity index (χ3n) is 3.11. The van der Waals surface area contributed by atoms with Crippen molar-refractivity contribution < 1.29 is 4.79 Å². The van der Waals surface area contributed by atoms with E-state index in [1.165, 1.54) is 0 Å². The molecule has 0 aromatic heterocycles. The first-order valence-electron chi connectivity index (χ1n) is 4.95. The second kappa shape index (κ2) is 3.29. The molecule has 1 atom stereocenters. The Labute approximate surface area is 80.1 Å². The summed E-state index contributed by atoms with van der Waals surface area (Å²) in [6.45, 7) is 7.10. The second-order valence-electron chi connectivity index (χ2n) is 4.90. The molecule has 1 heterocycles. The van der Waals surface area contributed by atoms with Crippen molar-refractivity contribution in [1.82, 2.24) is 5.32 Å². The van der Waals surface area contributed by atoms with Crippen LogP contribution < -0.4 is 11.1 Å². The van der Waals surface area contributed by atoms with Crippen LogP contribution in [0.4, 0.5) is 0 Å². The number of carbonyl (C=O) groups excluding carboxylic acids is 1. The van der Waals surface area contributed by atoms with E-state index in [2.05, 4.69) is 26.1 Å². The third kappa shape index (κ3) is 1.70. The van der Waals surface area contributed by atoms with Crippen LogP contribution in [0.2, 0.25) is 0 Å². The number of primary amides is 1. The molecule has 1 fully saturated rings. The number of rotatable bonds is 1. The van der Waals surface area contributed by atoms with Gasteiger partial charge in [0.25, 0.3) is 0 Å². The lowest BCUT2D eigenvalue weighted by molar-refractivity contribution is -0.130. The van der Waals surface area contributed by atoms with Crippen LogP contribution in [-0.2, 0) is 4.79 Å². The zero-order valence-corrected chi connectivity index (χ0v) is 8.81. The Kier molecular flexibility index (Phi) is 2.66. The molecule has 1 rings (SSSR count). The smallest absolute Gasteiger partial charge is 0.238 e. The zero-order valence-electron chi connectivity index (χ0n) is 8.81. The average Bonchev–Trinajstić information content (AvgIpc) is 2.03. The summed E-state index contributed by atoms with van der Waals surface area (Å²) < 4.78 is 0. The van der Waals surface area contributed by atoms with Crippen molar-refractivity contribution in [2.24, 2.45) is 11.1 Å². The highest BCUT2D eigenvalue weighted by Gasteiger charge is 2.47. The van der Waals surface area contributed by atoms with E-state index in [0.717, 1.165) is 25.8 Å². The summed E-state index contributed by atoms with van der Waals surface area (Å²) in [7, 11) is 0. The summed E-state index contributed by atoms with van der Waals surface area (Å²) in [5.74, 6) is -0.209. The van der Waals surface area contributed by atoms with Crippen molar-refractivity contribution in [2.75, 3.05) is 6.54 Å². The molecule has 0 radical (unpaired) electrons. The number of nitrogens with one attached hydrogen (secondary N) is 1. The van der Waals surface area contributed by atoms with E-state index in [0.29, 0.717) is 0 Å². The fourth-order valence-corrected chi connectivity index (χ4v) is 2.13. The van der Waals surface area contributed by atoms with Crippen molar-refractivity contribution >= 4 is 5.91 Å². The molecule has 0 aromatic carbocycles. The van der Waals surface area contributed by atoms with Crippen LogP contribution in [0, 0.1) is 5.41 Å². The summed E-state index contributed by atoms with van der Waals surface area (Å²) in [6.07, 6.45) is 3.10. The molecule has 0 bridgehead atoms. The van der Waals surface area contributed by atoms with Gasteiger partial charge in [-0.2, -0.15) is 0 Å². The minimum absolute atomic E-state index is 0.0980. The van der Waals surface area contributed by atoms with Crippen LogP contribution >= 0.6 is 0 Å². The van der Waals surface area contributed by atoms with Crippen LogP contribution in [0.3, 0.4) is 0 Å². The van der Waals surface area contributed by atoms with Gasteiger partial charge >= 0.3 is 0 Å². The molecule has 3 nitrogen and oxygen atoms in total. The lowest BCUT2D eigenvalue weighted by Crippen LogP contribution is -2.64. The number of hydrogen-bond acceptors (Lipinski definition) is 2. The van der Waals surface area contributed by atoms with Gasteiger partial charge in [-0.3, -0.25) is 4.79 Å². The third-order valence-corrected chi connectivity index (χ3v) is 3.11. The molecule has 3 N–H and O–H groups in total. The van der Waals surface area contributed by atoms with Gasteiger partial charge in [0.15, 0.2) is 0 Å². The Morgan fingerprint density at radius 3 is 2.23 bits per heavy atom. The molecule has 3 heteroatoms. The molecule has 0 aliphatic carbocycles. The maximum Gasteiger partial charge on any atom is 0.238 e. The van der Waals surface area contributed by atoms with Crippen molar-refractivity contribution in [1.29, 1.82) is 0 Å². The summed E-state index contributed by atoms with van der Waals surface area (Å²) >= 11 is 0. The summed E-state index contributed by atoms with van der Waals surface area (Å²) in [5.41, 5.74) is 4.89. The lowest BCUT2D eigenvalue weighted by Gasteiger charge is -2.45. The van der Waals surface area contributed by atoms with Crippen molar-refractivity contribution in [2.45, 2.75) is 45.6 Å². The standard InChI is InChI=1S/C10H20N2O/c1-9(2,3)10(8(11)13)6-4-5-7-12-10/h12H,4-7H2,1-3H3,(H2,11,13). The SMILES string of the molecule is CC(C)(C)C1(C(N)=O)CCCCN1. The Bertz CT molecular complexity index is 199. The molecule has 1 unspecified atom stereocenters. The highest BCUT2D eigenvalue weighted by molar-refractivity contribution is 5.85. The van der Waals surface area contributed by atoms with E-state index in [1.54, 1.807) is 0 Å². The van der Waals surface area contributed by atoms with Gasteiger partial charge in [0.05, 0.1) is 0 Å². The Morgan fingerprint density at radius 2 is 2.00 bits per heavy atom. The van der Waals surface area contributed by atoms with Gasteiger partial charge in [-0.1, -0.05) is 20.8 Å². The molecule has 13 heavy (non-hydrogen) atoms. The van der Waals surface area contributed by atoms with E-state index in [4.69, 9.17) is 5.73 Å². The maximum atomic E-state index is 11.5. The van der Waals surface area contributed by atoms with Gasteiger partial charge in [0, 0.05) is 0 Å². The van der Waals surface area contributed by atoms with Crippen LogP contribution in [-0.4, -0.2) is 18.0 Å². The first-order chi connectivity index (χ1) is 5.90. The minimum atomic E-state index is -0.495. The highest BCUT2D eigenvalue weighted by Crippen LogP contribution is 2.36. The van der Waals surface area contributed by atoms with E-state index in [9.17, 15) is 4.79 Å². The molecule has 0 spiro atoms. The van der Waals surface area contributed by atoms with E-state index in [1.807, 2.05) is 0 Å². The predicted octanol–water partition coefficient (Wildman–Crippen LogP) is 1.03. The monoisotopic (exact) mass is 184 g/mol. The molecule has 1 aliphatic rings. The average molecular weight is 184 g/mol. The van der Waals surface area contributed by atoms with Gasteiger partial charge in [-0.15, -0.1) is 0 Å². The Balaban J connectivity index is 2.93. The number of carbonyl (C=O) groups is 1. The predicted molar refractivity (Wildman–Crippen MR) is 53.2 cm³/mol. The zero-order chi connectivity index (χ0) is 10.1. The lowest BCUT2D eigenvalue weighted by atomic mass is 9.68. The van der Waals surface area contributed by atoms with Crippen LogP contribution in [0.1, 0.15) is 40.0 Å². The van der Waals surface area contributed by atoms with Crippen LogP contribution in [0.25, 0.3) is 0 Å². The molecule has 0 saturated carbocycles. The van der Waals surface area contributed by atoms with Crippen LogP contribution in [0.15, 0.2) is 0 Å². The highest BCUT2D eigenvalue weighted by atomic mass is 16.1.